The monoisotopic (exact) mass is 520 g/mol. The van der Waals surface area contributed by atoms with Gasteiger partial charge in [0.1, 0.15) is 10.8 Å². The highest BCUT2D eigenvalue weighted by Gasteiger charge is 2.16. The van der Waals surface area contributed by atoms with Gasteiger partial charge in [-0.15, -0.1) is 11.3 Å². The van der Waals surface area contributed by atoms with Crippen LogP contribution in [0.3, 0.4) is 0 Å². The molecule has 3 aromatic carbocycles. The van der Waals surface area contributed by atoms with Crippen molar-refractivity contribution >= 4 is 42.6 Å². The van der Waals surface area contributed by atoms with E-state index < -0.39 is 10.0 Å². The standard InChI is InChI=1S/C26H24N4O4S2/c1-15-9-20(25-21(10-15)29-18(14-31)13-28-25)26-30-24-16(2)11-19(12-22(24)35-26)34-8-7-17-5-3-4-6-23(17)36(27,32)33/h3-6,9-13,31H,7-8,14H2,1-2H3,(H2,27,32,33). The van der Waals surface area contributed by atoms with Crippen molar-refractivity contribution in [2.24, 2.45) is 5.14 Å². The van der Waals surface area contributed by atoms with E-state index in [0.717, 1.165) is 42.9 Å². The van der Waals surface area contributed by atoms with E-state index in [2.05, 4.69) is 9.97 Å². The second-order valence-electron chi connectivity index (χ2n) is 8.56. The zero-order valence-electron chi connectivity index (χ0n) is 19.7. The zero-order valence-corrected chi connectivity index (χ0v) is 21.4. The van der Waals surface area contributed by atoms with Gasteiger partial charge < -0.3 is 9.84 Å². The SMILES string of the molecule is Cc1cc(-c2nc3c(C)cc(OCCc4ccccc4S(N)(=O)=O)cc3s2)c2ncc(CO)nc2c1. The Kier molecular flexibility index (Phi) is 6.44. The molecule has 0 amide bonds. The fourth-order valence-corrected chi connectivity index (χ4v) is 6.07. The second-order valence-corrected chi connectivity index (χ2v) is 11.1. The number of hydrogen-bond donors (Lipinski definition) is 2. The lowest BCUT2D eigenvalue weighted by atomic mass is 10.1. The molecule has 0 atom stereocenters. The normalized spacial score (nSPS) is 11.9. The summed E-state index contributed by atoms with van der Waals surface area (Å²) >= 11 is 1.54. The number of hydrogen-bond acceptors (Lipinski definition) is 8. The summed E-state index contributed by atoms with van der Waals surface area (Å²) in [6, 6.07) is 14.5. The quantitative estimate of drug-likeness (QED) is 0.328. The third kappa shape index (κ3) is 4.80. The third-order valence-corrected chi connectivity index (χ3v) is 7.86. The summed E-state index contributed by atoms with van der Waals surface area (Å²) in [7, 11) is -3.79. The van der Waals surface area contributed by atoms with Crippen LogP contribution in [0.1, 0.15) is 22.4 Å². The van der Waals surface area contributed by atoms with E-state index in [1.165, 1.54) is 6.07 Å². The van der Waals surface area contributed by atoms with Gasteiger partial charge in [-0.2, -0.15) is 0 Å². The first-order chi connectivity index (χ1) is 17.2. The minimum Gasteiger partial charge on any atom is -0.493 e. The summed E-state index contributed by atoms with van der Waals surface area (Å²) < 4.78 is 30.7. The molecule has 0 aliphatic carbocycles. The predicted molar refractivity (Wildman–Crippen MR) is 141 cm³/mol. The Morgan fingerprint density at radius 2 is 1.86 bits per heavy atom. The molecule has 0 spiro atoms. The number of nitrogens with zero attached hydrogens (tertiary/aromatic N) is 3. The molecule has 2 aromatic heterocycles. The molecule has 0 saturated heterocycles. The van der Waals surface area contributed by atoms with Gasteiger partial charge in [-0.05, 0) is 60.9 Å². The van der Waals surface area contributed by atoms with Crippen LogP contribution in [0.4, 0.5) is 0 Å². The van der Waals surface area contributed by atoms with E-state index in [-0.39, 0.29) is 11.5 Å². The van der Waals surface area contributed by atoms with Gasteiger partial charge in [-0.25, -0.2) is 23.5 Å². The summed E-state index contributed by atoms with van der Waals surface area (Å²) in [6.45, 7) is 4.11. The van der Waals surface area contributed by atoms with Gasteiger partial charge in [0, 0.05) is 12.0 Å². The van der Waals surface area contributed by atoms with Crippen LogP contribution in [0.2, 0.25) is 0 Å². The van der Waals surface area contributed by atoms with E-state index in [0.29, 0.717) is 30.0 Å². The number of benzene rings is 3. The maximum absolute atomic E-state index is 11.8. The molecule has 0 saturated carbocycles. The minimum atomic E-state index is -3.79. The van der Waals surface area contributed by atoms with Crippen molar-refractivity contribution in [2.75, 3.05) is 6.61 Å². The van der Waals surface area contributed by atoms with Crippen LogP contribution in [0.15, 0.2) is 59.6 Å². The van der Waals surface area contributed by atoms with Crippen LogP contribution in [0.5, 0.6) is 5.75 Å². The highest BCUT2D eigenvalue weighted by atomic mass is 32.2. The predicted octanol–water partition coefficient (Wildman–Crippen LogP) is 4.28. The first-order valence-electron chi connectivity index (χ1n) is 11.2. The molecule has 8 nitrogen and oxygen atoms in total. The van der Waals surface area contributed by atoms with E-state index >= 15 is 0 Å². The molecular formula is C26H24N4O4S2. The number of aliphatic hydroxyl groups excluding tert-OH is 1. The number of primary sulfonamides is 1. The molecule has 0 aliphatic rings. The van der Waals surface area contributed by atoms with Gasteiger partial charge in [0.2, 0.25) is 10.0 Å². The van der Waals surface area contributed by atoms with Crippen molar-refractivity contribution in [3.63, 3.8) is 0 Å². The number of aliphatic hydroxyl groups is 1. The lowest BCUT2D eigenvalue weighted by Gasteiger charge is -2.10. The topological polar surface area (TPSA) is 128 Å². The van der Waals surface area contributed by atoms with Crippen molar-refractivity contribution in [1.82, 2.24) is 15.0 Å². The smallest absolute Gasteiger partial charge is 0.238 e. The van der Waals surface area contributed by atoms with E-state index in [4.69, 9.17) is 14.9 Å². The number of aryl methyl sites for hydroxylation is 2. The molecule has 5 aromatic rings. The molecule has 0 bridgehead atoms. The van der Waals surface area contributed by atoms with Crippen LogP contribution in [-0.4, -0.2) is 35.1 Å². The molecule has 5 rings (SSSR count). The molecular weight excluding hydrogens is 496 g/mol. The van der Waals surface area contributed by atoms with Crippen LogP contribution in [0.25, 0.3) is 31.8 Å². The zero-order chi connectivity index (χ0) is 25.4. The molecule has 10 heteroatoms. The Hall–Kier alpha value is -3.44. The summed E-state index contributed by atoms with van der Waals surface area (Å²) in [6.07, 6.45) is 1.99. The van der Waals surface area contributed by atoms with E-state index in [9.17, 15) is 13.5 Å². The molecule has 36 heavy (non-hydrogen) atoms. The molecule has 2 heterocycles. The average molecular weight is 521 g/mol. The first-order valence-corrected chi connectivity index (χ1v) is 13.6. The molecule has 3 N–H and O–H groups in total. The van der Waals surface area contributed by atoms with Crippen molar-refractivity contribution in [3.05, 3.63) is 77.1 Å². The third-order valence-electron chi connectivity index (χ3n) is 5.81. The van der Waals surface area contributed by atoms with Crippen molar-refractivity contribution in [3.8, 4) is 16.3 Å². The fourth-order valence-electron chi connectivity index (χ4n) is 4.17. The Balaban J connectivity index is 1.44. The maximum Gasteiger partial charge on any atom is 0.238 e. The molecule has 184 valence electrons. The van der Waals surface area contributed by atoms with Crippen LogP contribution in [0, 0.1) is 13.8 Å². The maximum atomic E-state index is 11.8. The number of sulfonamides is 1. The van der Waals surface area contributed by atoms with E-state index in [1.54, 1.807) is 35.7 Å². The number of nitrogens with two attached hydrogens (primary N) is 1. The lowest BCUT2D eigenvalue weighted by molar-refractivity contribution is 0.277. The summed E-state index contributed by atoms with van der Waals surface area (Å²) in [5.74, 6) is 0.685. The Morgan fingerprint density at radius 3 is 2.64 bits per heavy atom. The van der Waals surface area contributed by atoms with Gasteiger partial charge in [0.25, 0.3) is 0 Å². The number of aromatic nitrogens is 3. The van der Waals surface area contributed by atoms with Crippen molar-refractivity contribution in [1.29, 1.82) is 0 Å². The number of fused-ring (bicyclic) bond motifs is 2. The van der Waals surface area contributed by atoms with Crippen molar-refractivity contribution < 1.29 is 18.3 Å². The Bertz CT molecular complexity index is 1710. The fraction of sp³-hybridized carbons (Fsp3) is 0.192. The molecule has 0 radical (unpaired) electrons. The molecule has 0 fully saturated rings. The number of thiazole rings is 1. The first kappa shape index (κ1) is 24.3. The van der Waals surface area contributed by atoms with Crippen LogP contribution < -0.4 is 9.88 Å². The van der Waals surface area contributed by atoms with Gasteiger partial charge in [-0.3, -0.25) is 4.98 Å². The van der Waals surface area contributed by atoms with Gasteiger partial charge in [-0.1, -0.05) is 18.2 Å². The highest BCUT2D eigenvalue weighted by molar-refractivity contribution is 7.89. The number of ether oxygens (including phenoxy) is 1. The molecule has 0 aliphatic heterocycles. The lowest BCUT2D eigenvalue weighted by Crippen LogP contribution is -2.15. The number of rotatable bonds is 7. The molecule has 0 unspecified atom stereocenters. The highest BCUT2D eigenvalue weighted by Crippen LogP contribution is 2.37. The van der Waals surface area contributed by atoms with Gasteiger partial charge >= 0.3 is 0 Å². The average Bonchev–Trinajstić information content (AvgIpc) is 3.27. The summed E-state index contributed by atoms with van der Waals surface area (Å²) in [5, 5.41) is 15.6. The van der Waals surface area contributed by atoms with Crippen molar-refractivity contribution in [2.45, 2.75) is 31.8 Å². The van der Waals surface area contributed by atoms with Crippen LogP contribution in [-0.2, 0) is 23.1 Å². The Labute approximate surface area is 212 Å². The summed E-state index contributed by atoms with van der Waals surface area (Å²) in [5.41, 5.74) is 6.38. The van der Waals surface area contributed by atoms with Gasteiger partial charge in [0.05, 0.1) is 51.3 Å². The minimum absolute atomic E-state index is 0.118. The second kappa shape index (κ2) is 9.55. The largest absolute Gasteiger partial charge is 0.493 e. The van der Waals surface area contributed by atoms with Crippen LogP contribution >= 0.6 is 11.3 Å². The van der Waals surface area contributed by atoms with E-state index in [1.807, 2.05) is 38.1 Å². The summed E-state index contributed by atoms with van der Waals surface area (Å²) in [4.78, 5) is 14.1. The van der Waals surface area contributed by atoms with Gasteiger partial charge in [0.15, 0.2) is 0 Å². The Morgan fingerprint density at radius 1 is 1.06 bits per heavy atom.